The van der Waals surface area contributed by atoms with E-state index in [9.17, 15) is 5.26 Å². The zero-order valence-electron chi connectivity index (χ0n) is 18.0. The molecule has 0 saturated carbocycles. The van der Waals surface area contributed by atoms with Crippen LogP contribution in [-0.2, 0) is 6.42 Å². The van der Waals surface area contributed by atoms with Crippen LogP contribution in [0.15, 0.2) is 60.9 Å². The topological polar surface area (TPSA) is 96.7 Å². The summed E-state index contributed by atoms with van der Waals surface area (Å²) in [6.45, 7) is 2.71. The first-order chi connectivity index (χ1) is 15.6. The normalized spacial score (nSPS) is 18.6. The van der Waals surface area contributed by atoms with Gasteiger partial charge in [0.25, 0.3) is 0 Å². The van der Waals surface area contributed by atoms with Gasteiger partial charge in [-0.05, 0) is 37.3 Å². The van der Waals surface area contributed by atoms with Crippen LogP contribution in [-0.4, -0.2) is 37.2 Å². The molecule has 2 atom stereocenters. The lowest BCUT2D eigenvalue weighted by Gasteiger charge is -2.34. The fourth-order valence-corrected chi connectivity index (χ4v) is 4.49. The van der Waals surface area contributed by atoms with Crippen LogP contribution in [0.4, 0.5) is 5.82 Å². The number of anilines is 1. The molecule has 1 aliphatic rings. The van der Waals surface area contributed by atoms with Crippen molar-refractivity contribution in [3.05, 3.63) is 72.1 Å². The minimum Gasteiger partial charge on any atom is -0.383 e. The van der Waals surface area contributed by atoms with Crippen LogP contribution in [0.25, 0.3) is 22.3 Å². The molecule has 0 radical (unpaired) electrons. The maximum Gasteiger partial charge on any atom is 0.179 e. The summed E-state index contributed by atoms with van der Waals surface area (Å²) in [6.07, 6.45) is 6.55. The van der Waals surface area contributed by atoms with Gasteiger partial charge in [0.05, 0.1) is 18.0 Å². The Morgan fingerprint density at radius 1 is 1.03 bits per heavy atom. The van der Waals surface area contributed by atoms with E-state index in [2.05, 4.69) is 71.6 Å². The van der Waals surface area contributed by atoms with Gasteiger partial charge < -0.3 is 10.6 Å². The second-order valence-electron chi connectivity index (χ2n) is 8.44. The molecule has 0 spiro atoms. The van der Waals surface area contributed by atoms with E-state index in [1.54, 1.807) is 0 Å². The van der Waals surface area contributed by atoms with Gasteiger partial charge in [0.2, 0.25) is 0 Å². The highest BCUT2D eigenvalue weighted by Crippen LogP contribution is 2.34. The number of fused-ring (bicyclic) bond motifs is 1. The molecular formula is C25H25N7. The van der Waals surface area contributed by atoms with Crippen molar-refractivity contribution in [2.75, 3.05) is 12.3 Å². The van der Waals surface area contributed by atoms with Crippen LogP contribution in [0.2, 0.25) is 0 Å². The van der Waals surface area contributed by atoms with E-state index < -0.39 is 0 Å². The number of nitrogens with two attached hydrogens (primary N) is 1. The van der Waals surface area contributed by atoms with Crippen LogP contribution < -0.4 is 5.73 Å². The summed E-state index contributed by atoms with van der Waals surface area (Å²) in [5.41, 5.74) is 11.3. The summed E-state index contributed by atoms with van der Waals surface area (Å²) in [6, 6.07) is 19.2. The SMILES string of the molecule is CC1CCC(n2nc(-c3ccc(Cc4ccccc4)cc3)c3c(N)ncnc32)CN1C#N. The molecule has 160 valence electrons. The smallest absolute Gasteiger partial charge is 0.179 e. The average Bonchev–Trinajstić information content (AvgIpc) is 3.22. The summed E-state index contributed by atoms with van der Waals surface area (Å²) in [4.78, 5) is 10.6. The molecule has 2 aromatic carbocycles. The van der Waals surface area contributed by atoms with Crippen molar-refractivity contribution < 1.29 is 0 Å². The van der Waals surface area contributed by atoms with Crippen molar-refractivity contribution in [3.8, 4) is 17.5 Å². The van der Waals surface area contributed by atoms with Crippen molar-refractivity contribution in [2.45, 2.75) is 38.3 Å². The lowest BCUT2D eigenvalue weighted by molar-refractivity contribution is 0.179. The third kappa shape index (κ3) is 3.65. The molecule has 1 saturated heterocycles. The van der Waals surface area contributed by atoms with Crippen molar-refractivity contribution in [1.29, 1.82) is 5.26 Å². The summed E-state index contributed by atoms with van der Waals surface area (Å²) in [7, 11) is 0. The minimum atomic E-state index is 0.0637. The number of nitrogen functional groups attached to an aromatic ring is 1. The van der Waals surface area contributed by atoms with Gasteiger partial charge in [0, 0.05) is 11.6 Å². The van der Waals surface area contributed by atoms with E-state index in [1.807, 2.05) is 15.6 Å². The summed E-state index contributed by atoms with van der Waals surface area (Å²) >= 11 is 0. The van der Waals surface area contributed by atoms with E-state index in [1.165, 1.54) is 17.5 Å². The van der Waals surface area contributed by atoms with E-state index in [4.69, 9.17) is 10.8 Å². The fraction of sp³-hybridized carbons (Fsp3) is 0.280. The molecule has 0 amide bonds. The molecule has 2 aromatic heterocycles. The zero-order valence-corrected chi connectivity index (χ0v) is 18.0. The molecule has 3 heterocycles. The summed E-state index contributed by atoms with van der Waals surface area (Å²) < 4.78 is 1.94. The first-order valence-electron chi connectivity index (χ1n) is 10.9. The average molecular weight is 424 g/mol. The molecule has 2 N–H and O–H groups in total. The van der Waals surface area contributed by atoms with Gasteiger partial charge in [0.15, 0.2) is 11.8 Å². The van der Waals surface area contributed by atoms with Gasteiger partial charge in [-0.25, -0.2) is 14.6 Å². The molecule has 1 fully saturated rings. The molecule has 7 nitrogen and oxygen atoms in total. The van der Waals surface area contributed by atoms with Crippen LogP contribution in [0, 0.1) is 11.5 Å². The number of nitrogens with zero attached hydrogens (tertiary/aromatic N) is 6. The largest absolute Gasteiger partial charge is 0.383 e. The Morgan fingerprint density at radius 2 is 1.78 bits per heavy atom. The summed E-state index contributed by atoms with van der Waals surface area (Å²) in [5.74, 6) is 0.422. The van der Waals surface area contributed by atoms with Crippen molar-refractivity contribution >= 4 is 16.9 Å². The first-order valence-corrected chi connectivity index (χ1v) is 10.9. The Balaban J connectivity index is 1.51. The van der Waals surface area contributed by atoms with E-state index in [0.29, 0.717) is 12.4 Å². The Labute approximate surface area is 187 Å². The van der Waals surface area contributed by atoms with Crippen LogP contribution in [0.3, 0.4) is 0 Å². The molecular weight excluding hydrogens is 398 g/mol. The van der Waals surface area contributed by atoms with Crippen molar-refractivity contribution in [2.24, 2.45) is 0 Å². The third-order valence-electron chi connectivity index (χ3n) is 6.33. The van der Waals surface area contributed by atoms with Gasteiger partial charge in [-0.3, -0.25) is 0 Å². The van der Waals surface area contributed by atoms with Gasteiger partial charge >= 0.3 is 0 Å². The molecule has 0 aliphatic carbocycles. The van der Waals surface area contributed by atoms with Gasteiger partial charge in [-0.15, -0.1) is 0 Å². The summed E-state index contributed by atoms with van der Waals surface area (Å²) in [5, 5.41) is 15.2. The highest BCUT2D eigenvalue weighted by Gasteiger charge is 2.29. The highest BCUT2D eigenvalue weighted by atomic mass is 15.4. The molecule has 32 heavy (non-hydrogen) atoms. The molecule has 7 heteroatoms. The van der Waals surface area contributed by atoms with Crippen molar-refractivity contribution in [3.63, 3.8) is 0 Å². The highest BCUT2D eigenvalue weighted by molar-refractivity contribution is 5.98. The van der Waals surface area contributed by atoms with Crippen LogP contribution in [0.5, 0.6) is 0 Å². The third-order valence-corrected chi connectivity index (χ3v) is 6.33. The Hall–Kier alpha value is -3.92. The number of benzene rings is 2. The fourth-order valence-electron chi connectivity index (χ4n) is 4.49. The lowest BCUT2D eigenvalue weighted by Crippen LogP contribution is -2.39. The van der Waals surface area contributed by atoms with Crippen LogP contribution >= 0.6 is 0 Å². The number of nitriles is 1. The monoisotopic (exact) mass is 423 g/mol. The number of rotatable bonds is 4. The predicted molar refractivity (Wildman–Crippen MR) is 124 cm³/mol. The zero-order chi connectivity index (χ0) is 22.1. The number of piperidine rings is 1. The number of likely N-dealkylation sites (tertiary alicyclic amines) is 1. The molecule has 0 bridgehead atoms. The second-order valence-corrected chi connectivity index (χ2v) is 8.44. The molecule has 4 aromatic rings. The quantitative estimate of drug-likeness (QED) is 0.495. The molecule has 2 unspecified atom stereocenters. The number of hydrogen-bond donors (Lipinski definition) is 1. The maximum absolute atomic E-state index is 9.50. The second kappa shape index (κ2) is 8.31. The van der Waals surface area contributed by atoms with E-state index in [0.717, 1.165) is 41.6 Å². The van der Waals surface area contributed by atoms with Crippen molar-refractivity contribution in [1.82, 2.24) is 24.6 Å². The first kappa shape index (κ1) is 20.0. The Morgan fingerprint density at radius 3 is 2.53 bits per heavy atom. The van der Waals surface area contributed by atoms with E-state index >= 15 is 0 Å². The standard InChI is InChI=1S/C25H25N7/c1-17-7-12-21(14-31(17)15-26)32-25-22(24(27)28-16-29-25)23(30-32)20-10-8-19(9-11-20)13-18-5-3-2-4-6-18/h2-6,8-11,16-17,21H,7,12-14H2,1H3,(H2,27,28,29). The minimum absolute atomic E-state index is 0.0637. The van der Waals surface area contributed by atoms with Gasteiger partial charge in [-0.1, -0.05) is 54.6 Å². The van der Waals surface area contributed by atoms with Gasteiger partial charge in [0.1, 0.15) is 17.8 Å². The molecule has 5 rings (SSSR count). The Bertz CT molecular complexity index is 1270. The molecule has 1 aliphatic heterocycles. The number of hydrogen-bond acceptors (Lipinski definition) is 6. The maximum atomic E-state index is 9.50. The number of aromatic nitrogens is 4. The Kier molecular flexibility index (Phi) is 5.20. The van der Waals surface area contributed by atoms with Gasteiger partial charge in [-0.2, -0.15) is 10.4 Å². The van der Waals surface area contributed by atoms with Crippen LogP contribution in [0.1, 0.15) is 36.9 Å². The predicted octanol–water partition coefficient (Wildman–Crippen LogP) is 4.17. The van der Waals surface area contributed by atoms with E-state index in [-0.39, 0.29) is 12.1 Å². The lowest BCUT2D eigenvalue weighted by atomic mass is 10.0.